The number of nitrogens with zero attached hydrogens (tertiary/aromatic N) is 2. The first-order valence-corrected chi connectivity index (χ1v) is 8.72. The van der Waals surface area contributed by atoms with Gasteiger partial charge in [0.15, 0.2) is 0 Å². The van der Waals surface area contributed by atoms with Crippen LogP contribution >= 0.6 is 0 Å². The van der Waals surface area contributed by atoms with Crippen molar-refractivity contribution in [2.75, 3.05) is 37.6 Å². The highest BCUT2D eigenvalue weighted by molar-refractivity contribution is 6.07. The normalized spacial score (nSPS) is 19.7. The Morgan fingerprint density at radius 2 is 2.00 bits per heavy atom. The lowest BCUT2D eigenvalue weighted by Gasteiger charge is -2.31. The molecular weight excluding hydrogens is 304 g/mol. The van der Waals surface area contributed by atoms with Crippen LogP contribution in [0.5, 0.6) is 0 Å². The number of amides is 3. The summed E-state index contributed by atoms with van der Waals surface area (Å²) in [5.41, 5.74) is 1.65. The van der Waals surface area contributed by atoms with Gasteiger partial charge in [-0.1, -0.05) is 12.1 Å². The van der Waals surface area contributed by atoms with Crippen LogP contribution in [-0.2, 0) is 4.79 Å². The maximum absolute atomic E-state index is 12.8. The molecule has 0 bridgehead atoms. The Morgan fingerprint density at radius 3 is 2.67 bits per heavy atom. The van der Waals surface area contributed by atoms with Gasteiger partial charge in [-0.05, 0) is 57.5 Å². The Kier molecular flexibility index (Phi) is 4.76. The number of piperidine rings is 1. The summed E-state index contributed by atoms with van der Waals surface area (Å²) in [6.07, 6.45) is 1.34. The molecule has 2 saturated heterocycles. The lowest BCUT2D eigenvalue weighted by atomic mass is 9.88. The fourth-order valence-electron chi connectivity index (χ4n) is 3.59. The highest BCUT2D eigenvalue weighted by atomic mass is 16.2. The van der Waals surface area contributed by atoms with E-state index in [0.717, 1.165) is 25.3 Å². The molecule has 1 aromatic carbocycles. The lowest BCUT2D eigenvalue weighted by molar-refractivity contribution is -0.132. The molecule has 2 aliphatic heterocycles. The summed E-state index contributed by atoms with van der Waals surface area (Å²) in [6, 6.07) is 8.04. The van der Waals surface area contributed by atoms with Crippen molar-refractivity contribution in [2.24, 2.45) is 0 Å². The number of anilines is 1. The first-order chi connectivity index (χ1) is 11.6. The number of rotatable bonds is 5. The predicted octanol–water partition coefficient (Wildman–Crippen LogP) is 1.50. The van der Waals surface area contributed by atoms with Crippen LogP contribution in [0.1, 0.15) is 25.3 Å². The topological polar surface area (TPSA) is 64.7 Å². The Morgan fingerprint density at radius 1 is 1.25 bits per heavy atom. The zero-order chi connectivity index (χ0) is 17.2. The van der Waals surface area contributed by atoms with Gasteiger partial charge in [0.2, 0.25) is 0 Å². The first kappa shape index (κ1) is 16.8. The molecule has 24 heavy (non-hydrogen) atoms. The van der Waals surface area contributed by atoms with Crippen LogP contribution in [0.25, 0.3) is 0 Å². The molecule has 3 amide bonds. The molecule has 0 saturated carbocycles. The van der Waals surface area contributed by atoms with Crippen molar-refractivity contribution in [3.05, 3.63) is 29.8 Å². The predicted molar refractivity (Wildman–Crippen MR) is 94.1 cm³/mol. The third-order valence-corrected chi connectivity index (χ3v) is 5.05. The average molecular weight is 330 g/mol. The van der Waals surface area contributed by atoms with Crippen molar-refractivity contribution in [2.45, 2.75) is 32.2 Å². The summed E-state index contributed by atoms with van der Waals surface area (Å²) in [5, 5.41) is 6.18. The molecule has 2 aliphatic rings. The summed E-state index contributed by atoms with van der Waals surface area (Å²) >= 11 is 0. The second-order valence-corrected chi connectivity index (χ2v) is 6.64. The van der Waals surface area contributed by atoms with Crippen LogP contribution in [0.2, 0.25) is 0 Å². The van der Waals surface area contributed by atoms with Gasteiger partial charge in [-0.2, -0.15) is 0 Å². The minimum atomic E-state index is -0.678. The van der Waals surface area contributed by atoms with Crippen LogP contribution in [0.4, 0.5) is 10.5 Å². The number of benzene rings is 1. The van der Waals surface area contributed by atoms with Crippen LogP contribution in [0.3, 0.4) is 0 Å². The number of carbonyl (C=O) groups is 2. The molecule has 1 spiro atoms. The molecule has 2 N–H and O–H groups in total. The van der Waals surface area contributed by atoms with Gasteiger partial charge in [-0.25, -0.2) is 4.79 Å². The fraction of sp³-hybridized carbons (Fsp3) is 0.556. The van der Waals surface area contributed by atoms with E-state index in [1.54, 1.807) is 0 Å². The Balaban J connectivity index is 1.67. The van der Waals surface area contributed by atoms with E-state index in [2.05, 4.69) is 47.6 Å². The molecule has 1 aromatic rings. The largest absolute Gasteiger partial charge is 0.370 e. The number of hydrogen-bond donors (Lipinski definition) is 2. The second kappa shape index (κ2) is 6.81. The minimum absolute atomic E-state index is 0.0608. The smallest absolute Gasteiger partial charge is 0.325 e. The zero-order valence-corrected chi connectivity index (χ0v) is 14.5. The maximum Gasteiger partial charge on any atom is 0.325 e. The van der Waals surface area contributed by atoms with E-state index in [0.29, 0.717) is 25.9 Å². The van der Waals surface area contributed by atoms with Crippen LogP contribution in [0, 0.1) is 6.92 Å². The van der Waals surface area contributed by atoms with E-state index >= 15 is 0 Å². The van der Waals surface area contributed by atoms with E-state index in [1.807, 2.05) is 6.07 Å². The Hall–Kier alpha value is -2.08. The van der Waals surface area contributed by atoms with Crippen molar-refractivity contribution >= 4 is 17.6 Å². The molecule has 0 aliphatic carbocycles. The number of aryl methyl sites for hydroxylation is 1. The number of nitrogens with one attached hydrogen (secondary N) is 2. The standard InChI is InChI=1S/C18H26N4O2/c1-3-21(15-6-4-5-14(2)13-15)11-12-22-16(23)18(20-17(22)24)7-9-19-10-8-18/h4-6,13,19H,3,7-12H2,1-2H3,(H,20,24). The zero-order valence-electron chi connectivity index (χ0n) is 14.5. The first-order valence-electron chi connectivity index (χ1n) is 8.72. The van der Waals surface area contributed by atoms with Gasteiger partial charge in [0.1, 0.15) is 5.54 Å². The molecule has 0 unspecified atom stereocenters. The van der Waals surface area contributed by atoms with E-state index in [-0.39, 0.29) is 11.9 Å². The summed E-state index contributed by atoms with van der Waals surface area (Å²) in [4.78, 5) is 28.7. The maximum atomic E-state index is 12.8. The van der Waals surface area contributed by atoms with Gasteiger partial charge >= 0.3 is 6.03 Å². The molecule has 2 fully saturated rings. The quantitative estimate of drug-likeness (QED) is 0.803. The molecular formula is C18H26N4O2. The third kappa shape index (κ3) is 3.11. The monoisotopic (exact) mass is 330 g/mol. The van der Waals surface area contributed by atoms with Crippen molar-refractivity contribution in [3.8, 4) is 0 Å². The average Bonchev–Trinajstić information content (AvgIpc) is 2.80. The molecule has 130 valence electrons. The summed E-state index contributed by atoms with van der Waals surface area (Å²) < 4.78 is 0. The van der Waals surface area contributed by atoms with Crippen LogP contribution in [-0.4, -0.2) is 55.1 Å². The van der Waals surface area contributed by atoms with Crippen molar-refractivity contribution in [3.63, 3.8) is 0 Å². The SMILES string of the molecule is CCN(CCN1C(=O)NC2(CCNCC2)C1=O)c1cccc(C)c1. The minimum Gasteiger partial charge on any atom is -0.370 e. The Labute approximate surface area is 143 Å². The van der Waals surface area contributed by atoms with Gasteiger partial charge in [-0.15, -0.1) is 0 Å². The molecule has 0 radical (unpaired) electrons. The molecule has 6 heteroatoms. The molecule has 0 atom stereocenters. The highest BCUT2D eigenvalue weighted by Gasteiger charge is 2.51. The number of hydrogen-bond acceptors (Lipinski definition) is 4. The summed E-state index contributed by atoms with van der Waals surface area (Å²) in [7, 11) is 0. The van der Waals surface area contributed by atoms with Crippen LogP contribution < -0.4 is 15.5 Å². The molecule has 3 rings (SSSR count). The number of urea groups is 1. The van der Waals surface area contributed by atoms with E-state index < -0.39 is 5.54 Å². The fourth-order valence-corrected chi connectivity index (χ4v) is 3.59. The van der Waals surface area contributed by atoms with Crippen molar-refractivity contribution in [1.82, 2.24) is 15.5 Å². The lowest BCUT2D eigenvalue weighted by Crippen LogP contribution is -2.54. The number of imide groups is 1. The Bertz CT molecular complexity index is 625. The summed E-state index contributed by atoms with van der Waals surface area (Å²) in [6.45, 7) is 7.59. The van der Waals surface area contributed by atoms with E-state index in [1.165, 1.54) is 10.5 Å². The van der Waals surface area contributed by atoms with E-state index in [4.69, 9.17) is 0 Å². The third-order valence-electron chi connectivity index (χ3n) is 5.05. The molecule has 6 nitrogen and oxygen atoms in total. The second-order valence-electron chi connectivity index (χ2n) is 6.64. The van der Waals surface area contributed by atoms with Gasteiger partial charge in [0, 0.05) is 25.3 Å². The van der Waals surface area contributed by atoms with Gasteiger partial charge in [-0.3, -0.25) is 9.69 Å². The molecule has 2 heterocycles. The number of carbonyl (C=O) groups excluding carboxylic acids is 2. The van der Waals surface area contributed by atoms with Gasteiger partial charge in [0.25, 0.3) is 5.91 Å². The van der Waals surface area contributed by atoms with Crippen LogP contribution in [0.15, 0.2) is 24.3 Å². The van der Waals surface area contributed by atoms with Gasteiger partial charge in [0.05, 0.1) is 0 Å². The van der Waals surface area contributed by atoms with Crippen molar-refractivity contribution in [1.29, 1.82) is 0 Å². The molecule has 0 aromatic heterocycles. The van der Waals surface area contributed by atoms with Crippen molar-refractivity contribution < 1.29 is 9.59 Å². The van der Waals surface area contributed by atoms with E-state index in [9.17, 15) is 9.59 Å². The van der Waals surface area contributed by atoms with Gasteiger partial charge < -0.3 is 15.5 Å². The summed E-state index contributed by atoms with van der Waals surface area (Å²) in [5.74, 6) is -0.0608. The highest BCUT2D eigenvalue weighted by Crippen LogP contribution is 2.27. The number of likely N-dealkylation sites (N-methyl/N-ethyl adjacent to an activating group) is 1.